The molecule has 0 unspecified atom stereocenters. The van der Waals surface area contributed by atoms with E-state index < -0.39 is 0 Å². The number of rotatable bonds is 5. The Morgan fingerprint density at radius 3 is 2.15 bits per heavy atom. The van der Waals surface area contributed by atoms with Gasteiger partial charge in [-0.15, -0.1) is 0 Å². The first-order chi connectivity index (χ1) is 12.5. The van der Waals surface area contributed by atoms with Crippen molar-refractivity contribution in [2.24, 2.45) is 0 Å². The standard InChI is InChI=1S/C16H19N7O3/c1-23(8-5-9(24-2)13(26-4)10(6-8)25-3)11-7-19-15-12(20-11)14(17)21-16(18)22-15/h5-7H,1-4H3,(H4,17,18,19,21,22). The van der Waals surface area contributed by atoms with Crippen molar-refractivity contribution >= 4 is 34.4 Å². The van der Waals surface area contributed by atoms with Gasteiger partial charge < -0.3 is 30.6 Å². The van der Waals surface area contributed by atoms with Crippen LogP contribution in [0.4, 0.5) is 23.3 Å². The molecule has 3 rings (SSSR count). The zero-order valence-electron chi connectivity index (χ0n) is 14.8. The van der Waals surface area contributed by atoms with Crippen molar-refractivity contribution in [2.75, 3.05) is 44.7 Å². The van der Waals surface area contributed by atoms with Gasteiger partial charge in [-0.1, -0.05) is 0 Å². The fourth-order valence-electron chi connectivity index (χ4n) is 2.49. The van der Waals surface area contributed by atoms with Crippen LogP contribution in [-0.4, -0.2) is 48.3 Å². The fraction of sp³-hybridized carbons (Fsp3) is 0.250. The van der Waals surface area contributed by atoms with Crippen LogP contribution < -0.4 is 30.6 Å². The first kappa shape index (κ1) is 17.3. The van der Waals surface area contributed by atoms with Crippen molar-refractivity contribution in [3.05, 3.63) is 18.3 Å². The van der Waals surface area contributed by atoms with Crippen LogP contribution in [0.1, 0.15) is 0 Å². The van der Waals surface area contributed by atoms with Crippen molar-refractivity contribution < 1.29 is 14.2 Å². The highest BCUT2D eigenvalue weighted by atomic mass is 16.5. The molecule has 0 spiro atoms. The molecule has 0 aliphatic carbocycles. The van der Waals surface area contributed by atoms with Crippen molar-refractivity contribution in [1.82, 2.24) is 19.9 Å². The quantitative estimate of drug-likeness (QED) is 0.689. The summed E-state index contributed by atoms with van der Waals surface area (Å²) in [6.07, 6.45) is 1.57. The predicted octanol–water partition coefficient (Wildman–Crippen LogP) is 1.38. The Kier molecular flexibility index (Phi) is 4.48. The zero-order chi connectivity index (χ0) is 18.8. The molecule has 0 atom stereocenters. The third kappa shape index (κ3) is 2.92. The second-order valence-electron chi connectivity index (χ2n) is 5.31. The monoisotopic (exact) mass is 357 g/mol. The van der Waals surface area contributed by atoms with Crippen LogP contribution >= 0.6 is 0 Å². The van der Waals surface area contributed by atoms with Gasteiger partial charge in [0.05, 0.1) is 27.5 Å². The SMILES string of the molecule is COc1cc(N(C)c2cnc3nc(N)nc(N)c3n2)cc(OC)c1OC. The lowest BCUT2D eigenvalue weighted by molar-refractivity contribution is 0.324. The highest BCUT2D eigenvalue weighted by Crippen LogP contribution is 2.41. The Morgan fingerprint density at radius 2 is 1.58 bits per heavy atom. The van der Waals surface area contributed by atoms with E-state index in [2.05, 4.69) is 19.9 Å². The number of anilines is 4. The minimum absolute atomic E-state index is 0.0510. The maximum atomic E-state index is 5.89. The number of fused-ring (bicyclic) bond motifs is 1. The lowest BCUT2D eigenvalue weighted by atomic mass is 10.2. The smallest absolute Gasteiger partial charge is 0.224 e. The molecule has 10 heteroatoms. The number of benzene rings is 1. The van der Waals surface area contributed by atoms with E-state index in [1.165, 1.54) is 0 Å². The second kappa shape index (κ2) is 6.75. The average molecular weight is 357 g/mol. The summed E-state index contributed by atoms with van der Waals surface area (Å²) in [5.74, 6) is 2.31. The minimum atomic E-state index is 0.0510. The van der Waals surface area contributed by atoms with Gasteiger partial charge in [0.15, 0.2) is 34.3 Å². The lowest BCUT2D eigenvalue weighted by Gasteiger charge is -2.21. The number of hydrogen-bond acceptors (Lipinski definition) is 10. The van der Waals surface area contributed by atoms with E-state index in [4.69, 9.17) is 25.7 Å². The Hall–Kier alpha value is -3.56. The minimum Gasteiger partial charge on any atom is -0.493 e. The van der Waals surface area contributed by atoms with Crippen LogP contribution in [0.2, 0.25) is 0 Å². The molecule has 0 bridgehead atoms. The number of ether oxygens (including phenoxy) is 3. The molecule has 3 aromatic rings. The molecule has 0 amide bonds. The van der Waals surface area contributed by atoms with Crippen molar-refractivity contribution in [3.8, 4) is 17.2 Å². The summed E-state index contributed by atoms with van der Waals surface area (Å²) in [5, 5.41) is 0. The Labute approximate surface area is 149 Å². The van der Waals surface area contributed by atoms with Gasteiger partial charge in [0.2, 0.25) is 11.7 Å². The molecule has 1 aromatic carbocycles. The summed E-state index contributed by atoms with van der Waals surface area (Å²) in [6.45, 7) is 0. The van der Waals surface area contributed by atoms with E-state index in [0.717, 1.165) is 5.69 Å². The maximum Gasteiger partial charge on any atom is 0.224 e. The van der Waals surface area contributed by atoms with E-state index in [-0.39, 0.29) is 11.8 Å². The van der Waals surface area contributed by atoms with E-state index in [9.17, 15) is 0 Å². The average Bonchev–Trinajstić information content (AvgIpc) is 2.65. The first-order valence-electron chi connectivity index (χ1n) is 7.58. The van der Waals surface area contributed by atoms with Gasteiger partial charge in [-0.05, 0) is 0 Å². The van der Waals surface area contributed by atoms with Gasteiger partial charge in [0, 0.05) is 24.9 Å². The summed E-state index contributed by atoms with van der Waals surface area (Å²) in [5.41, 5.74) is 12.9. The van der Waals surface area contributed by atoms with Crippen LogP contribution in [0.25, 0.3) is 11.2 Å². The van der Waals surface area contributed by atoms with Gasteiger partial charge >= 0.3 is 0 Å². The third-order valence-corrected chi connectivity index (χ3v) is 3.82. The van der Waals surface area contributed by atoms with Gasteiger partial charge in [0.25, 0.3) is 0 Å². The summed E-state index contributed by atoms with van der Waals surface area (Å²) in [6, 6.07) is 3.60. The number of nitrogens with zero attached hydrogens (tertiary/aromatic N) is 5. The van der Waals surface area contributed by atoms with Gasteiger partial charge in [-0.3, -0.25) is 0 Å². The van der Waals surface area contributed by atoms with Crippen LogP contribution in [0, 0.1) is 0 Å². The van der Waals surface area contributed by atoms with Gasteiger partial charge in [-0.25, -0.2) is 9.97 Å². The lowest BCUT2D eigenvalue weighted by Crippen LogP contribution is -2.13. The van der Waals surface area contributed by atoms with E-state index in [1.807, 2.05) is 7.05 Å². The maximum absolute atomic E-state index is 5.89. The number of methoxy groups -OCH3 is 3. The van der Waals surface area contributed by atoms with Gasteiger partial charge in [-0.2, -0.15) is 9.97 Å². The highest BCUT2D eigenvalue weighted by Gasteiger charge is 2.17. The molecular formula is C16H19N7O3. The molecule has 0 fully saturated rings. The Bertz CT molecular complexity index is 939. The second-order valence-corrected chi connectivity index (χ2v) is 5.31. The molecule has 4 N–H and O–H groups in total. The predicted molar refractivity (Wildman–Crippen MR) is 98.1 cm³/mol. The van der Waals surface area contributed by atoms with Crippen molar-refractivity contribution in [1.29, 1.82) is 0 Å². The van der Waals surface area contributed by atoms with E-state index >= 15 is 0 Å². The molecule has 0 aliphatic rings. The largest absolute Gasteiger partial charge is 0.493 e. The van der Waals surface area contributed by atoms with Crippen molar-refractivity contribution in [2.45, 2.75) is 0 Å². The third-order valence-electron chi connectivity index (χ3n) is 3.82. The number of aromatic nitrogens is 4. The number of nitrogens with two attached hydrogens (primary N) is 2. The summed E-state index contributed by atoms with van der Waals surface area (Å²) >= 11 is 0. The van der Waals surface area contributed by atoms with Crippen LogP contribution in [0.15, 0.2) is 18.3 Å². The molecule has 2 heterocycles. The van der Waals surface area contributed by atoms with Crippen molar-refractivity contribution in [3.63, 3.8) is 0 Å². The summed E-state index contributed by atoms with van der Waals surface area (Å²) in [4.78, 5) is 18.5. The fourth-order valence-corrected chi connectivity index (χ4v) is 2.49. The highest BCUT2D eigenvalue weighted by molar-refractivity contribution is 5.83. The van der Waals surface area contributed by atoms with Crippen LogP contribution in [0.5, 0.6) is 17.2 Å². The summed E-state index contributed by atoms with van der Waals surface area (Å²) in [7, 11) is 6.48. The van der Waals surface area contributed by atoms with E-state index in [0.29, 0.717) is 34.2 Å². The molecular weight excluding hydrogens is 338 g/mol. The zero-order valence-corrected chi connectivity index (χ0v) is 14.8. The Balaban J connectivity index is 2.09. The van der Waals surface area contributed by atoms with Crippen LogP contribution in [-0.2, 0) is 0 Å². The topological polar surface area (TPSA) is 135 Å². The number of nitrogen functional groups attached to an aromatic ring is 2. The molecule has 2 aromatic heterocycles. The summed E-state index contributed by atoms with van der Waals surface area (Å²) < 4.78 is 16.1. The molecule has 0 saturated heterocycles. The Morgan fingerprint density at radius 1 is 0.923 bits per heavy atom. The molecule has 0 radical (unpaired) electrons. The molecule has 10 nitrogen and oxygen atoms in total. The van der Waals surface area contributed by atoms with Crippen LogP contribution in [0.3, 0.4) is 0 Å². The normalized spacial score (nSPS) is 10.6. The van der Waals surface area contributed by atoms with E-state index in [1.54, 1.807) is 44.6 Å². The molecule has 0 aliphatic heterocycles. The van der Waals surface area contributed by atoms with Gasteiger partial charge in [0.1, 0.15) is 0 Å². The molecule has 0 saturated carbocycles. The number of hydrogen-bond donors (Lipinski definition) is 2. The first-order valence-corrected chi connectivity index (χ1v) is 7.58. The molecule has 26 heavy (non-hydrogen) atoms. The molecule has 136 valence electrons.